The Labute approximate surface area is 157 Å². The molecule has 3 aromatic rings. The van der Waals surface area contributed by atoms with E-state index >= 15 is 0 Å². The molecule has 3 rings (SSSR count). The number of oxazole rings is 1. The number of aliphatic hydroxyl groups is 1. The minimum atomic E-state index is -0.750. The van der Waals surface area contributed by atoms with Crippen LogP contribution in [-0.2, 0) is 11.3 Å². The first kappa shape index (κ1) is 18.5. The van der Waals surface area contributed by atoms with Crippen LogP contribution in [0.5, 0.6) is 0 Å². The molecule has 140 valence electrons. The molecule has 0 saturated heterocycles. The predicted octanol–water partition coefficient (Wildman–Crippen LogP) is 3.07. The molecule has 0 unspecified atom stereocenters. The first-order valence-electron chi connectivity index (χ1n) is 7.87. The Morgan fingerprint density at radius 3 is 2.96 bits per heavy atom. The fraction of sp³-hybridized carbons (Fsp3) is 0.176. The summed E-state index contributed by atoms with van der Waals surface area (Å²) in [5.41, 5.74) is 0.513. The number of thiophene rings is 1. The summed E-state index contributed by atoms with van der Waals surface area (Å²) in [7, 11) is 0. The van der Waals surface area contributed by atoms with Gasteiger partial charge in [0.2, 0.25) is 5.89 Å². The van der Waals surface area contributed by atoms with Gasteiger partial charge in [-0.15, -0.1) is 11.3 Å². The number of anilines is 1. The zero-order chi connectivity index (χ0) is 19.2. The third-order valence-corrected chi connectivity index (χ3v) is 4.35. The van der Waals surface area contributed by atoms with Gasteiger partial charge >= 0.3 is 5.97 Å². The molecular weight excluding hydrogens is 374 g/mol. The Hall–Kier alpha value is -3.24. The van der Waals surface area contributed by atoms with Crippen molar-refractivity contribution in [1.29, 1.82) is 0 Å². The number of ether oxygens (including phenoxy) is 1. The summed E-state index contributed by atoms with van der Waals surface area (Å²) in [6.07, 6.45) is 1.39. The summed E-state index contributed by atoms with van der Waals surface area (Å²) in [5, 5.41) is 24.6. The summed E-state index contributed by atoms with van der Waals surface area (Å²) in [6.45, 7) is -0.114. The number of carbonyl (C=O) groups is 1. The number of nitrogens with one attached hydrogen (secondary N) is 1. The lowest BCUT2D eigenvalue weighted by Crippen LogP contribution is -2.13. The van der Waals surface area contributed by atoms with Crippen molar-refractivity contribution in [3.8, 4) is 10.8 Å². The molecule has 0 aliphatic rings. The van der Waals surface area contributed by atoms with Crippen LogP contribution in [0.25, 0.3) is 10.8 Å². The molecule has 2 aromatic heterocycles. The number of nitro benzene ring substituents is 1. The lowest BCUT2D eigenvalue weighted by molar-refractivity contribution is -0.384. The van der Waals surface area contributed by atoms with Crippen molar-refractivity contribution in [1.82, 2.24) is 4.98 Å². The maximum Gasteiger partial charge on any atom is 0.340 e. The van der Waals surface area contributed by atoms with Gasteiger partial charge in [0.1, 0.15) is 18.6 Å². The molecular formula is C17H15N3O6S. The molecule has 9 nitrogen and oxygen atoms in total. The number of hydrogen-bond donors (Lipinski definition) is 2. The Kier molecular flexibility index (Phi) is 5.79. The molecule has 2 heterocycles. The van der Waals surface area contributed by atoms with Crippen LogP contribution in [0.15, 0.2) is 46.4 Å². The maximum absolute atomic E-state index is 12.4. The Balaban J connectivity index is 1.73. The molecule has 0 saturated carbocycles. The molecule has 27 heavy (non-hydrogen) atoms. The van der Waals surface area contributed by atoms with Crippen LogP contribution in [-0.4, -0.2) is 34.1 Å². The summed E-state index contributed by atoms with van der Waals surface area (Å²) in [4.78, 5) is 27.9. The second-order valence-electron chi connectivity index (χ2n) is 5.33. The molecule has 0 amide bonds. The van der Waals surface area contributed by atoms with E-state index in [4.69, 9.17) is 14.3 Å². The lowest BCUT2D eigenvalue weighted by atomic mass is 10.1. The minimum Gasteiger partial charge on any atom is -0.455 e. The lowest BCUT2D eigenvalue weighted by Gasteiger charge is -2.10. The van der Waals surface area contributed by atoms with Crippen molar-refractivity contribution in [2.24, 2.45) is 0 Å². The Morgan fingerprint density at radius 1 is 1.41 bits per heavy atom. The summed E-state index contributed by atoms with van der Waals surface area (Å²) in [6, 6.07) is 7.51. The highest BCUT2D eigenvalue weighted by molar-refractivity contribution is 7.13. The van der Waals surface area contributed by atoms with Gasteiger partial charge in [0.05, 0.1) is 22.0 Å². The van der Waals surface area contributed by atoms with E-state index in [2.05, 4.69) is 10.3 Å². The smallest absolute Gasteiger partial charge is 0.340 e. The fourth-order valence-electron chi connectivity index (χ4n) is 2.26. The van der Waals surface area contributed by atoms with Gasteiger partial charge in [-0.05, 0) is 17.5 Å². The molecule has 1 aromatic carbocycles. The number of hydrogen-bond acceptors (Lipinski definition) is 9. The molecule has 0 bridgehead atoms. The van der Waals surface area contributed by atoms with Crippen LogP contribution in [0.3, 0.4) is 0 Å². The first-order chi connectivity index (χ1) is 13.1. The van der Waals surface area contributed by atoms with E-state index in [9.17, 15) is 14.9 Å². The van der Waals surface area contributed by atoms with Crippen LogP contribution in [0, 0.1) is 10.1 Å². The van der Waals surface area contributed by atoms with Gasteiger partial charge in [-0.1, -0.05) is 6.07 Å². The van der Waals surface area contributed by atoms with Gasteiger partial charge in [0.15, 0.2) is 0 Å². The summed E-state index contributed by atoms with van der Waals surface area (Å²) >= 11 is 1.47. The molecule has 0 radical (unpaired) electrons. The van der Waals surface area contributed by atoms with E-state index in [0.29, 0.717) is 17.3 Å². The molecule has 0 spiro atoms. The highest BCUT2D eigenvalue weighted by atomic mass is 32.1. The third-order valence-electron chi connectivity index (χ3n) is 3.50. The van der Waals surface area contributed by atoms with Crippen LogP contribution in [0.2, 0.25) is 0 Å². The van der Waals surface area contributed by atoms with E-state index in [1.54, 1.807) is 0 Å². The van der Waals surface area contributed by atoms with Crippen molar-refractivity contribution in [2.75, 3.05) is 18.5 Å². The van der Waals surface area contributed by atoms with Gasteiger partial charge in [-0.3, -0.25) is 10.1 Å². The second-order valence-corrected chi connectivity index (χ2v) is 6.28. The van der Waals surface area contributed by atoms with Crippen LogP contribution >= 0.6 is 11.3 Å². The van der Waals surface area contributed by atoms with Crippen molar-refractivity contribution in [2.45, 2.75) is 6.61 Å². The largest absolute Gasteiger partial charge is 0.455 e. The van der Waals surface area contributed by atoms with E-state index in [1.807, 2.05) is 17.5 Å². The number of nitro groups is 1. The van der Waals surface area contributed by atoms with Crippen molar-refractivity contribution in [3.05, 3.63) is 63.3 Å². The standard InChI is InChI=1S/C17H15N3O6S/c21-6-5-18-14-4-3-12(20(23)24)8-13(14)17(22)26-10-11-9-25-16(19-11)15-2-1-7-27-15/h1-4,7-9,18,21H,5-6,10H2. The number of esters is 1. The highest BCUT2D eigenvalue weighted by Crippen LogP contribution is 2.25. The highest BCUT2D eigenvalue weighted by Gasteiger charge is 2.19. The quantitative estimate of drug-likeness (QED) is 0.342. The fourth-order valence-corrected chi connectivity index (χ4v) is 2.92. The number of benzene rings is 1. The van der Waals surface area contributed by atoms with Gasteiger partial charge < -0.3 is 19.6 Å². The third kappa shape index (κ3) is 4.49. The average molecular weight is 389 g/mol. The molecule has 2 N–H and O–H groups in total. The van der Waals surface area contributed by atoms with Gasteiger partial charge in [0, 0.05) is 24.4 Å². The second kappa shape index (κ2) is 8.43. The number of aromatic nitrogens is 1. The zero-order valence-corrected chi connectivity index (χ0v) is 14.8. The Morgan fingerprint density at radius 2 is 2.26 bits per heavy atom. The van der Waals surface area contributed by atoms with Crippen LogP contribution < -0.4 is 5.32 Å². The minimum absolute atomic E-state index is 0.000347. The number of carbonyl (C=O) groups excluding carboxylic acids is 1. The zero-order valence-electron chi connectivity index (χ0n) is 14.0. The molecule has 0 fully saturated rings. The number of rotatable bonds is 8. The number of non-ortho nitro benzene ring substituents is 1. The van der Waals surface area contributed by atoms with Crippen molar-refractivity contribution >= 4 is 28.7 Å². The van der Waals surface area contributed by atoms with Crippen molar-refractivity contribution < 1.29 is 24.0 Å². The summed E-state index contributed by atoms with van der Waals surface area (Å²) < 4.78 is 10.6. The monoisotopic (exact) mass is 389 g/mol. The molecule has 0 aliphatic heterocycles. The summed E-state index contributed by atoms with van der Waals surface area (Å²) in [5.74, 6) is -0.323. The van der Waals surface area contributed by atoms with Gasteiger partial charge in [-0.2, -0.15) is 0 Å². The molecule has 0 aliphatic carbocycles. The topological polar surface area (TPSA) is 128 Å². The van der Waals surface area contributed by atoms with E-state index < -0.39 is 10.9 Å². The first-order valence-corrected chi connectivity index (χ1v) is 8.75. The molecule has 0 atom stereocenters. The molecule has 10 heteroatoms. The van der Waals surface area contributed by atoms with Crippen LogP contribution in [0.1, 0.15) is 16.1 Å². The van der Waals surface area contributed by atoms with Gasteiger partial charge in [-0.25, -0.2) is 9.78 Å². The normalized spacial score (nSPS) is 10.6. The predicted molar refractivity (Wildman–Crippen MR) is 97.6 cm³/mol. The number of aliphatic hydroxyl groups excluding tert-OH is 1. The van der Waals surface area contributed by atoms with Crippen molar-refractivity contribution in [3.63, 3.8) is 0 Å². The SMILES string of the molecule is O=C(OCc1coc(-c2cccs2)n1)c1cc([N+](=O)[O-])ccc1NCCO. The van der Waals surface area contributed by atoms with E-state index in [-0.39, 0.29) is 31.0 Å². The Bertz CT molecular complexity index is 938. The average Bonchev–Trinajstić information content (AvgIpc) is 3.35. The van der Waals surface area contributed by atoms with E-state index in [1.165, 1.54) is 29.7 Å². The van der Waals surface area contributed by atoms with E-state index in [0.717, 1.165) is 10.9 Å². The number of nitrogens with zero attached hydrogens (tertiary/aromatic N) is 2. The van der Waals surface area contributed by atoms with Gasteiger partial charge in [0.25, 0.3) is 5.69 Å². The maximum atomic E-state index is 12.4. The van der Waals surface area contributed by atoms with Crippen LogP contribution in [0.4, 0.5) is 11.4 Å².